The van der Waals surface area contributed by atoms with Crippen molar-refractivity contribution in [3.05, 3.63) is 29.8 Å². The number of piperidine rings is 1. The minimum absolute atomic E-state index is 0.239. The van der Waals surface area contributed by atoms with Crippen molar-refractivity contribution < 1.29 is 4.79 Å². The van der Waals surface area contributed by atoms with Crippen LogP contribution in [0.15, 0.2) is 24.3 Å². The SMILES string of the molecule is CCCN(C(=O)Cc1ccc(N)cc1)C1CCNCC1. The van der Waals surface area contributed by atoms with Crippen LogP contribution in [0.4, 0.5) is 5.69 Å². The number of hydrogen-bond donors (Lipinski definition) is 2. The fourth-order valence-electron chi connectivity index (χ4n) is 2.78. The van der Waals surface area contributed by atoms with Gasteiger partial charge in [-0.3, -0.25) is 4.79 Å². The molecule has 4 nitrogen and oxygen atoms in total. The van der Waals surface area contributed by atoms with E-state index < -0.39 is 0 Å². The minimum Gasteiger partial charge on any atom is -0.399 e. The number of carbonyl (C=O) groups is 1. The fraction of sp³-hybridized carbons (Fsp3) is 0.562. The van der Waals surface area contributed by atoms with Crippen molar-refractivity contribution in [2.45, 2.75) is 38.6 Å². The van der Waals surface area contributed by atoms with Crippen LogP contribution in [0.1, 0.15) is 31.7 Å². The highest BCUT2D eigenvalue weighted by Gasteiger charge is 2.24. The highest BCUT2D eigenvalue weighted by atomic mass is 16.2. The number of nitrogens with two attached hydrogens (primary N) is 1. The average Bonchev–Trinajstić information content (AvgIpc) is 2.48. The molecule has 4 heteroatoms. The van der Waals surface area contributed by atoms with Gasteiger partial charge in [0, 0.05) is 18.3 Å². The Bertz CT molecular complexity index is 424. The first kappa shape index (κ1) is 14.9. The molecule has 1 aliphatic heterocycles. The number of amides is 1. The monoisotopic (exact) mass is 275 g/mol. The highest BCUT2D eigenvalue weighted by molar-refractivity contribution is 5.79. The molecule has 1 aromatic carbocycles. The summed E-state index contributed by atoms with van der Waals surface area (Å²) in [5.74, 6) is 0.239. The van der Waals surface area contributed by atoms with E-state index in [9.17, 15) is 4.79 Å². The van der Waals surface area contributed by atoms with Crippen LogP contribution in [0.5, 0.6) is 0 Å². The molecular formula is C16H25N3O. The van der Waals surface area contributed by atoms with Gasteiger partial charge in [0.2, 0.25) is 5.91 Å². The smallest absolute Gasteiger partial charge is 0.227 e. The van der Waals surface area contributed by atoms with E-state index in [0.29, 0.717) is 12.5 Å². The predicted octanol–water partition coefficient (Wildman–Crippen LogP) is 1.80. The van der Waals surface area contributed by atoms with Crippen molar-refractivity contribution in [1.29, 1.82) is 0 Å². The van der Waals surface area contributed by atoms with E-state index in [1.165, 1.54) is 0 Å². The molecule has 0 aliphatic carbocycles. The molecule has 0 radical (unpaired) electrons. The summed E-state index contributed by atoms with van der Waals surface area (Å²) >= 11 is 0. The second-order valence-corrected chi connectivity index (χ2v) is 5.49. The summed E-state index contributed by atoms with van der Waals surface area (Å²) in [6, 6.07) is 8.01. The Labute approximate surface area is 121 Å². The van der Waals surface area contributed by atoms with E-state index in [0.717, 1.165) is 50.1 Å². The molecule has 20 heavy (non-hydrogen) atoms. The lowest BCUT2D eigenvalue weighted by Crippen LogP contribution is -2.47. The molecule has 2 rings (SSSR count). The lowest BCUT2D eigenvalue weighted by Gasteiger charge is -2.34. The molecule has 0 unspecified atom stereocenters. The molecule has 110 valence electrons. The van der Waals surface area contributed by atoms with Crippen molar-refractivity contribution in [3.63, 3.8) is 0 Å². The molecule has 0 saturated carbocycles. The van der Waals surface area contributed by atoms with E-state index in [4.69, 9.17) is 5.73 Å². The number of hydrogen-bond acceptors (Lipinski definition) is 3. The third kappa shape index (κ3) is 3.97. The summed E-state index contributed by atoms with van der Waals surface area (Å²) in [5.41, 5.74) is 7.46. The summed E-state index contributed by atoms with van der Waals surface area (Å²) in [6.07, 6.45) is 3.61. The maximum absolute atomic E-state index is 12.6. The summed E-state index contributed by atoms with van der Waals surface area (Å²) in [5, 5.41) is 3.35. The lowest BCUT2D eigenvalue weighted by atomic mass is 10.0. The summed E-state index contributed by atoms with van der Waals surface area (Å²) < 4.78 is 0. The van der Waals surface area contributed by atoms with E-state index in [1.807, 2.05) is 24.3 Å². The highest BCUT2D eigenvalue weighted by Crippen LogP contribution is 2.15. The molecule has 1 aliphatic rings. The van der Waals surface area contributed by atoms with Crippen LogP contribution in [-0.2, 0) is 11.2 Å². The molecule has 1 heterocycles. The van der Waals surface area contributed by atoms with Crippen LogP contribution < -0.4 is 11.1 Å². The molecule has 1 amide bonds. The first-order chi connectivity index (χ1) is 9.70. The molecule has 0 bridgehead atoms. The maximum Gasteiger partial charge on any atom is 0.227 e. The first-order valence-electron chi connectivity index (χ1n) is 7.55. The zero-order chi connectivity index (χ0) is 14.4. The van der Waals surface area contributed by atoms with Gasteiger partial charge in [-0.15, -0.1) is 0 Å². The number of nitrogens with zero attached hydrogens (tertiary/aromatic N) is 1. The Balaban J connectivity index is 2.00. The number of carbonyl (C=O) groups excluding carboxylic acids is 1. The van der Waals surface area contributed by atoms with Crippen LogP contribution >= 0.6 is 0 Å². The molecule has 0 spiro atoms. The van der Waals surface area contributed by atoms with Gasteiger partial charge in [0.25, 0.3) is 0 Å². The summed E-state index contributed by atoms with van der Waals surface area (Å²) in [6.45, 7) is 5.02. The van der Waals surface area contributed by atoms with Crippen molar-refractivity contribution in [3.8, 4) is 0 Å². The maximum atomic E-state index is 12.6. The number of nitrogens with one attached hydrogen (secondary N) is 1. The van der Waals surface area contributed by atoms with Crippen molar-refractivity contribution in [2.24, 2.45) is 0 Å². The standard InChI is InChI=1S/C16H25N3O/c1-2-11-19(15-7-9-18-10-8-15)16(20)12-13-3-5-14(17)6-4-13/h3-6,15,18H,2,7-12,17H2,1H3. The Morgan fingerprint density at radius 1 is 1.30 bits per heavy atom. The van der Waals surface area contributed by atoms with Gasteiger partial charge in [0.05, 0.1) is 6.42 Å². The van der Waals surface area contributed by atoms with Gasteiger partial charge in [-0.1, -0.05) is 19.1 Å². The van der Waals surface area contributed by atoms with E-state index in [-0.39, 0.29) is 5.91 Å². The Morgan fingerprint density at radius 2 is 1.95 bits per heavy atom. The van der Waals surface area contributed by atoms with Crippen LogP contribution in [0.2, 0.25) is 0 Å². The molecule has 1 fully saturated rings. The predicted molar refractivity (Wildman–Crippen MR) is 82.5 cm³/mol. The fourth-order valence-corrected chi connectivity index (χ4v) is 2.78. The Hall–Kier alpha value is -1.55. The second-order valence-electron chi connectivity index (χ2n) is 5.49. The lowest BCUT2D eigenvalue weighted by molar-refractivity contribution is -0.133. The van der Waals surface area contributed by atoms with Crippen molar-refractivity contribution >= 4 is 11.6 Å². The largest absolute Gasteiger partial charge is 0.399 e. The number of anilines is 1. The average molecular weight is 275 g/mol. The number of benzene rings is 1. The minimum atomic E-state index is 0.239. The van der Waals surface area contributed by atoms with Gasteiger partial charge < -0.3 is 16.0 Å². The molecule has 1 saturated heterocycles. The van der Waals surface area contributed by atoms with Crippen molar-refractivity contribution in [1.82, 2.24) is 10.2 Å². The van der Waals surface area contributed by atoms with Crippen LogP contribution in [0, 0.1) is 0 Å². The summed E-state index contributed by atoms with van der Waals surface area (Å²) in [7, 11) is 0. The molecular weight excluding hydrogens is 250 g/mol. The van der Waals surface area contributed by atoms with Crippen LogP contribution in [0.25, 0.3) is 0 Å². The van der Waals surface area contributed by atoms with E-state index >= 15 is 0 Å². The normalized spacial score (nSPS) is 16.1. The topological polar surface area (TPSA) is 58.4 Å². The van der Waals surface area contributed by atoms with E-state index in [1.54, 1.807) is 0 Å². The van der Waals surface area contributed by atoms with Gasteiger partial charge >= 0.3 is 0 Å². The second kappa shape index (κ2) is 7.29. The van der Waals surface area contributed by atoms with Crippen molar-refractivity contribution in [2.75, 3.05) is 25.4 Å². The molecule has 3 N–H and O–H groups in total. The van der Waals surface area contributed by atoms with E-state index in [2.05, 4.69) is 17.1 Å². The number of nitrogen functional groups attached to an aromatic ring is 1. The molecule has 0 aromatic heterocycles. The summed E-state index contributed by atoms with van der Waals surface area (Å²) in [4.78, 5) is 14.6. The first-order valence-corrected chi connectivity index (χ1v) is 7.55. The third-order valence-corrected chi connectivity index (χ3v) is 3.87. The molecule has 0 atom stereocenters. The van der Waals surface area contributed by atoms with Crippen LogP contribution in [0.3, 0.4) is 0 Å². The van der Waals surface area contributed by atoms with Gasteiger partial charge in [-0.2, -0.15) is 0 Å². The Morgan fingerprint density at radius 3 is 2.55 bits per heavy atom. The Kier molecular flexibility index (Phi) is 5.41. The van der Waals surface area contributed by atoms with Crippen LogP contribution in [-0.4, -0.2) is 36.5 Å². The van der Waals surface area contributed by atoms with Gasteiger partial charge in [-0.25, -0.2) is 0 Å². The quantitative estimate of drug-likeness (QED) is 0.806. The van der Waals surface area contributed by atoms with Gasteiger partial charge in [0.15, 0.2) is 0 Å². The zero-order valence-electron chi connectivity index (χ0n) is 12.3. The zero-order valence-corrected chi connectivity index (χ0v) is 12.3. The third-order valence-electron chi connectivity index (χ3n) is 3.87. The van der Waals surface area contributed by atoms with Gasteiger partial charge in [-0.05, 0) is 50.0 Å². The molecule has 1 aromatic rings. The van der Waals surface area contributed by atoms with Gasteiger partial charge in [0.1, 0.15) is 0 Å². The number of rotatable bonds is 5.